The minimum Gasteiger partial charge on any atom is -1.00 e. The van der Waals surface area contributed by atoms with Crippen LogP contribution in [0.2, 0.25) is 0 Å². The van der Waals surface area contributed by atoms with Crippen LogP contribution in [0.3, 0.4) is 0 Å². The number of halogens is 2. The number of nitrogens with one attached hydrogen (secondary N) is 2. The lowest BCUT2D eigenvalue weighted by atomic mass is 9.99. The number of ether oxygens (including phenoxy) is 2. The summed E-state index contributed by atoms with van der Waals surface area (Å²) < 4.78 is 11.0. The first-order valence-corrected chi connectivity index (χ1v) is 8.96. The standard InChI is InChI=1S/C19H32N2O3.2ClH/c1-19(2,3)15-24-14-17(22)13-20-8-10-21(11-9-20)16-6-5-7-18(12-16)23-4;;/h5-7,12,17,22H,8-11,13-15H2,1-4H3;2*1H. The summed E-state index contributed by atoms with van der Waals surface area (Å²) >= 11 is 0. The van der Waals surface area contributed by atoms with E-state index in [1.807, 2.05) is 6.07 Å². The fraction of sp³-hybridized carbons (Fsp3) is 0.684. The van der Waals surface area contributed by atoms with Crippen molar-refractivity contribution < 1.29 is 49.2 Å². The van der Waals surface area contributed by atoms with Crippen LogP contribution in [0.1, 0.15) is 20.8 Å². The van der Waals surface area contributed by atoms with Gasteiger partial charge in [0.05, 0.1) is 20.3 Å². The van der Waals surface area contributed by atoms with E-state index in [1.165, 1.54) is 15.5 Å². The normalized spacial score (nSPS) is 21.3. The smallest absolute Gasteiger partial charge is 0.135 e. The number of aliphatic hydroxyl groups is 1. The van der Waals surface area contributed by atoms with Crippen LogP contribution in [0.15, 0.2) is 24.3 Å². The number of rotatable bonds is 7. The number of benzene rings is 1. The molecule has 1 aromatic rings. The Balaban J connectivity index is 0.00000312. The van der Waals surface area contributed by atoms with Crippen molar-refractivity contribution in [2.45, 2.75) is 26.9 Å². The number of aliphatic hydroxyl groups excluding tert-OH is 1. The molecule has 1 atom stereocenters. The summed E-state index contributed by atoms with van der Waals surface area (Å²) in [6.45, 7) is 12.6. The quantitative estimate of drug-likeness (QED) is 0.420. The molecule has 26 heavy (non-hydrogen) atoms. The molecule has 152 valence electrons. The van der Waals surface area contributed by atoms with Crippen molar-refractivity contribution in [2.24, 2.45) is 5.41 Å². The maximum Gasteiger partial charge on any atom is 0.135 e. The highest BCUT2D eigenvalue weighted by molar-refractivity contribution is 5.37. The van der Waals surface area contributed by atoms with E-state index >= 15 is 0 Å². The van der Waals surface area contributed by atoms with Gasteiger partial charge in [0.25, 0.3) is 0 Å². The van der Waals surface area contributed by atoms with Gasteiger partial charge in [-0.1, -0.05) is 26.8 Å². The number of hydrogen-bond donors (Lipinski definition) is 3. The summed E-state index contributed by atoms with van der Waals surface area (Å²) in [5.74, 6) is 0.918. The molecule has 3 N–H and O–H groups in total. The molecule has 1 aromatic carbocycles. The molecule has 0 saturated carbocycles. The van der Waals surface area contributed by atoms with Crippen LogP contribution in [-0.2, 0) is 4.74 Å². The van der Waals surface area contributed by atoms with E-state index in [9.17, 15) is 5.11 Å². The topological polar surface area (TPSA) is 47.6 Å². The van der Waals surface area contributed by atoms with Gasteiger partial charge < -0.3 is 44.3 Å². The van der Waals surface area contributed by atoms with E-state index in [4.69, 9.17) is 9.47 Å². The maximum absolute atomic E-state index is 10.2. The summed E-state index contributed by atoms with van der Waals surface area (Å²) in [6, 6.07) is 8.32. The molecule has 0 spiro atoms. The Morgan fingerprint density at radius 2 is 1.77 bits per heavy atom. The van der Waals surface area contributed by atoms with Gasteiger partial charge in [-0.05, 0) is 17.5 Å². The largest absolute Gasteiger partial charge is 1.00 e. The molecule has 1 fully saturated rings. The average molecular weight is 409 g/mol. The Labute approximate surface area is 170 Å². The Morgan fingerprint density at radius 1 is 1.12 bits per heavy atom. The van der Waals surface area contributed by atoms with Gasteiger partial charge in [0.1, 0.15) is 50.3 Å². The minimum absolute atomic E-state index is 0. The van der Waals surface area contributed by atoms with E-state index in [2.05, 4.69) is 39.0 Å². The first-order valence-electron chi connectivity index (χ1n) is 8.96. The molecule has 1 aliphatic heterocycles. The highest BCUT2D eigenvalue weighted by Gasteiger charge is 2.26. The molecule has 1 aliphatic rings. The molecule has 0 radical (unpaired) electrons. The molecular weight excluding hydrogens is 375 g/mol. The molecule has 5 nitrogen and oxygen atoms in total. The van der Waals surface area contributed by atoms with E-state index < -0.39 is 0 Å². The number of quaternary nitrogens is 2. The molecule has 7 heteroatoms. The van der Waals surface area contributed by atoms with Crippen molar-refractivity contribution >= 4 is 5.69 Å². The van der Waals surface area contributed by atoms with Gasteiger partial charge >= 0.3 is 0 Å². The van der Waals surface area contributed by atoms with Crippen LogP contribution < -0.4 is 39.4 Å². The van der Waals surface area contributed by atoms with Crippen molar-refractivity contribution in [1.29, 1.82) is 0 Å². The summed E-state index contributed by atoms with van der Waals surface area (Å²) in [5.41, 5.74) is 1.45. The lowest BCUT2D eigenvalue weighted by Gasteiger charge is -2.30. The van der Waals surface area contributed by atoms with Gasteiger partial charge in [-0.3, -0.25) is 4.90 Å². The lowest BCUT2D eigenvalue weighted by Crippen LogP contribution is -3.26. The Hall–Kier alpha value is -0.560. The third-order valence-electron chi connectivity index (χ3n) is 4.41. The summed E-state index contributed by atoms with van der Waals surface area (Å²) in [4.78, 5) is 2.96. The second-order valence-electron chi connectivity index (χ2n) is 8.02. The zero-order valence-corrected chi connectivity index (χ0v) is 17.9. The summed E-state index contributed by atoms with van der Waals surface area (Å²) in [5, 5.41) is 10.2. The van der Waals surface area contributed by atoms with Crippen LogP contribution in [-0.4, -0.2) is 64.3 Å². The Morgan fingerprint density at radius 3 is 2.35 bits per heavy atom. The second-order valence-corrected chi connectivity index (χ2v) is 8.02. The van der Waals surface area contributed by atoms with Crippen LogP contribution in [0, 0.1) is 5.41 Å². The fourth-order valence-electron chi connectivity index (χ4n) is 3.13. The van der Waals surface area contributed by atoms with E-state index in [0.29, 0.717) is 13.2 Å². The first-order chi connectivity index (χ1) is 11.4. The molecule has 0 aliphatic carbocycles. The fourth-order valence-corrected chi connectivity index (χ4v) is 3.13. The third-order valence-corrected chi connectivity index (χ3v) is 4.41. The SMILES string of the molecule is COc1cccc([NH+]2CC[NH+](CC(O)COCC(C)(C)C)CC2)c1.[Cl-].[Cl-]. The van der Waals surface area contributed by atoms with Crippen LogP contribution >= 0.6 is 0 Å². The van der Waals surface area contributed by atoms with Gasteiger partial charge in [-0.25, -0.2) is 0 Å². The Kier molecular flexibility index (Phi) is 11.7. The molecule has 1 saturated heterocycles. The van der Waals surface area contributed by atoms with Gasteiger partial charge in [0.15, 0.2) is 0 Å². The number of hydrogen-bond acceptors (Lipinski definition) is 3. The molecule has 1 unspecified atom stereocenters. The monoisotopic (exact) mass is 408 g/mol. The summed E-state index contributed by atoms with van der Waals surface area (Å²) in [7, 11) is 1.71. The van der Waals surface area contributed by atoms with Crippen molar-refractivity contribution in [2.75, 3.05) is 53.0 Å². The first kappa shape index (κ1) is 25.4. The van der Waals surface area contributed by atoms with Crippen LogP contribution in [0.25, 0.3) is 0 Å². The van der Waals surface area contributed by atoms with Crippen molar-refractivity contribution in [3.8, 4) is 5.75 Å². The van der Waals surface area contributed by atoms with Crippen molar-refractivity contribution in [3.05, 3.63) is 24.3 Å². The average Bonchev–Trinajstić information content (AvgIpc) is 2.54. The third kappa shape index (κ3) is 8.89. The van der Waals surface area contributed by atoms with Gasteiger partial charge in [0.2, 0.25) is 0 Å². The molecule has 0 aromatic heterocycles. The summed E-state index contributed by atoms with van der Waals surface area (Å²) in [6.07, 6.45) is -0.374. The molecule has 0 amide bonds. The predicted molar refractivity (Wildman–Crippen MR) is 95.2 cm³/mol. The van der Waals surface area contributed by atoms with Gasteiger partial charge in [0, 0.05) is 6.07 Å². The zero-order chi connectivity index (χ0) is 17.6. The van der Waals surface area contributed by atoms with E-state index in [-0.39, 0.29) is 36.3 Å². The highest BCUT2D eigenvalue weighted by Crippen LogP contribution is 2.13. The number of methoxy groups -OCH3 is 1. The predicted octanol–water partition coefficient (Wildman–Crippen LogP) is -6.46. The highest BCUT2D eigenvalue weighted by atomic mass is 35.5. The van der Waals surface area contributed by atoms with Crippen LogP contribution in [0.5, 0.6) is 5.75 Å². The second kappa shape index (κ2) is 12.0. The maximum atomic E-state index is 10.2. The zero-order valence-electron chi connectivity index (χ0n) is 16.4. The number of piperazine rings is 1. The molecule has 0 bridgehead atoms. The minimum atomic E-state index is -0.374. The van der Waals surface area contributed by atoms with Gasteiger partial charge in [-0.2, -0.15) is 0 Å². The molecule has 1 heterocycles. The molecule has 2 rings (SSSR count). The van der Waals surface area contributed by atoms with Gasteiger partial charge in [-0.15, -0.1) is 0 Å². The van der Waals surface area contributed by atoms with Crippen molar-refractivity contribution in [1.82, 2.24) is 0 Å². The Bertz CT molecular complexity index is 504. The van der Waals surface area contributed by atoms with E-state index in [1.54, 1.807) is 7.11 Å². The van der Waals surface area contributed by atoms with Crippen molar-refractivity contribution in [3.63, 3.8) is 0 Å². The van der Waals surface area contributed by atoms with E-state index in [0.717, 1.165) is 38.5 Å². The lowest BCUT2D eigenvalue weighted by molar-refractivity contribution is -0.988. The molecular formula is C19H34Cl2N2O3. The van der Waals surface area contributed by atoms with Crippen LogP contribution in [0.4, 0.5) is 5.69 Å².